The van der Waals surface area contributed by atoms with Gasteiger partial charge in [0.15, 0.2) is 12.4 Å². The zero-order valence-corrected chi connectivity index (χ0v) is 21.8. The van der Waals surface area contributed by atoms with Crippen molar-refractivity contribution in [3.05, 3.63) is 77.6 Å². The topological polar surface area (TPSA) is 121 Å². The van der Waals surface area contributed by atoms with E-state index in [2.05, 4.69) is 40.5 Å². The van der Waals surface area contributed by atoms with E-state index in [-0.39, 0.29) is 12.5 Å². The molecule has 3 aromatic heterocycles. The number of hydrogen-bond acceptors (Lipinski definition) is 10. The Morgan fingerprint density at radius 1 is 0.923 bits per heavy atom. The van der Waals surface area contributed by atoms with Crippen LogP contribution in [0.15, 0.2) is 61.4 Å². The minimum atomic E-state index is -0.0453. The van der Waals surface area contributed by atoms with Gasteiger partial charge in [0.1, 0.15) is 16.6 Å². The molecule has 198 valence electrons. The summed E-state index contributed by atoms with van der Waals surface area (Å²) in [7, 11) is 0. The van der Waals surface area contributed by atoms with Gasteiger partial charge in [-0.15, -0.1) is 0 Å². The van der Waals surface area contributed by atoms with Crippen LogP contribution in [0.5, 0.6) is 5.75 Å². The molecule has 1 amide bonds. The highest BCUT2D eigenvalue weighted by atomic mass is 35.5. The van der Waals surface area contributed by atoms with Crippen LogP contribution in [0.3, 0.4) is 0 Å². The number of fused-ring (bicyclic) bond motifs is 6. The van der Waals surface area contributed by atoms with Gasteiger partial charge in [-0.2, -0.15) is 4.98 Å². The quantitative estimate of drug-likeness (QED) is 0.394. The number of nitrogens with zero attached hydrogens (tertiary/aromatic N) is 7. The number of halogens is 1. The molecule has 39 heavy (non-hydrogen) atoms. The minimum Gasteiger partial charge on any atom is -0.483 e. The van der Waals surface area contributed by atoms with Gasteiger partial charge < -0.3 is 25.2 Å². The Labute approximate surface area is 230 Å². The van der Waals surface area contributed by atoms with Crippen molar-refractivity contribution < 1.29 is 9.53 Å². The average molecular weight is 544 g/mol. The molecule has 0 aliphatic carbocycles. The highest BCUT2D eigenvalue weighted by Gasteiger charge is 2.23. The largest absolute Gasteiger partial charge is 0.483 e. The third kappa shape index (κ3) is 5.83. The van der Waals surface area contributed by atoms with Crippen LogP contribution in [0.4, 0.5) is 29.0 Å². The van der Waals surface area contributed by atoms with Gasteiger partial charge in [-0.25, -0.2) is 9.97 Å². The van der Waals surface area contributed by atoms with E-state index in [0.29, 0.717) is 55.1 Å². The second kappa shape index (κ2) is 11.1. The van der Waals surface area contributed by atoms with Gasteiger partial charge in [-0.05, 0) is 48.2 Å². The fourth-order valence-electron chi connectivity index (χ4n) is 4.62. The maximum absolute atomic E-state index is 13.0. The van der Waals surface area contributed by atoms with Gasteiger partial charge in [0.05, 0.1) is 24.3 Å². The van der Waals surface area contributed by atoms with Crippen LogP contribution in [-0.2, 0) is 17.6 Å². The number of piperazine rings is 1. The van der Waals surface area contributed by atoms with Gasteiger partial charge in [-0.1, -0.05) is 11.6 Å². The van der Waals surface area contributed by atoms with E-state index >= 15 is 0 Å². The lowest BCUT2D eigenvalue weighted by Gasteiger charge is -2.35. The number of ether oxygens (including phenoxy) is 1. The molecule has 4 aromatic rings. The van der Waals surface area contributed by atoms with Crippen LogP contribution in [0, 0.1) is 0 Å². The first kappa shape index (κ1) is 24.8. The number of anilines is 5. The summed E-state index contributed by atoms with van der Waals surface area (Å²) in [6, 6.07) is 7.78. The molecule has 0 radical (unpaired) electrons. The molecule has 2 aliphatic rings. The second-order valence-corrected chi connectivity index (χ2v) is 9.67. The first-order chi connectivity index (χ1) is 19.1. The molecule has 6 rings (SSSR count). The van der Waals surface area contributed by atoms with Crippen LogP contribution in [0.1, 0.15) is 11.1 Å². The Bertz CT molecular complexity index is 1480. The van der Waals surface area contributed by atoms with E-state index in [0.717, 1.165) is 34.7 Å². The normalized spacial score (nSPS) is 14.7. The predicted octanol–water partition coefficient (Wildman–Crippen LogP) is 3.63. The van der Waals surface area contributed by atoms with Gasteiger partial charge in [0.25, 0.3) is 5.91 Å². The highest BCUT2D eigenvalue weighted by Crippen LogP contribution is 2.30. The van der Waals surface area contributed by atoms with Gasteiger partial charge in [0.2, 0.25) is 5.95 Å². The number of carbonyl (C=O) groups excluding carboxylic acids is 1. The molecule has 1 saturated heterocycles. The summed E-state index contributed by atoms with van der Waals surface area (Å²) < 4.78 is 6.08. The molecule has 12 heteroatoms. The monoisotopic (exact) mass is 543 g/mol. The molecule has 6 bridgehead atoms. The van der Waals surface area contributed by atoms with E-state index in [4.69, 9.17) is 16.3 Å². The van der Waals surface area contributed by atoms with Crippen LogP contribution in [0.25, 0.3) is 0 Å². The SMILES string of the molecule is O=C(COc1ccc2cc1CCc1cncc(c1)Nc1ncc(Cl)c(n1)N2)N1CCN(c2cnccn2)CC1. The summed E-state index contributed by atoms with van der Waals surface area (Å²) in [5.74, 6) is 2.34. The molecule has 0 atom stereocenters. The summed E-state index contributed by atoms with van der Waals surface area (Å²) in [5.41, 5.74) is 3.60. The number of hydrogen-bond donors (Lipinski definition) is 2. The Kier molecular flexibility index (Phi) is 7.05. The number of amides is 1. The number of pyridine rings is 1. The van der Waals surface area contributed by atoms with Crippen molar-refractivity contribution in [1.82, 2.24) is 29.8 Å². The van der Waals surface area contributed by atoms with Crippen molar-refractivity contribution in [2.75, 3.05) is 48.3 Å². The van der Waals surface area contributed by atoms with E-state index in [1.165, 1.54) is 0 Å². The standard InChI is InChI=1S/C27H26ClN9O2/c28-22-15-32-27-34-21-11-18(13-30-14-21)1-2-19-12-20(33-26(22)35-27)3-4-23(19)39-17-25(38)37-9-7-36(8-10-37)24-16-29-5-6-31-24/h3-6,11-16H,1-2,7-10,17H2,(H2,32,33,34,35). The van der Waals surface area contributed by atoms with E-state index < -0.39 is 0 Å². The molecule has 2 aliphatic heterocycles. The first-order valence-corrected chi connectivity index (χ1v) is 13.0. The molecular formula is C27H26ClN9O2. The summed E-state index contributed by atoms with van der Waals surface area (Å²) in [6.45, 7) is 2.57. The van der Waals surface area contributed by atoms with Crippen LogP contribution < -0.4 is 20.3 Å². The lowest BCUT2D eigenvalue weighted by atomic mass is 10.0. The Hall–Kier alpha value is -4.51. The third-order valence-electron chi connectivity index (χ3n) is 6.66. The summed E-state index contributed by atoms with van der Waals surface area (Å²) in [4.78, 5) is 38.6. The third-order valence-corrected chi connectivity index (χ3v) is 6.94. The van der Waals surface area contributed by atoms with E-state index in [1.807, 2.05) is 35.4 Å². The van der Waals surface area contributed by atoms with Crippen molar-refractivity contribution in [2.45, 2.75) is 12.8 Å². The molecule has 0 saturated carbocycles. The Balaban J connectivity index is 1.17. The smallest absolute Gasteiger partial charge is 0.260 e. The van der Waals surface area contributed by atoms with Gasteiger partial charge in [0, 0.05) is 50.5 Å². The fraction of sp³-hybridized carbons (Fsp3) is 0.259. The van der Waals surface area contributed by atoms with Crippen LogP contribution in [0.2, 0.25) is 5.02 Å². The molecular weight excluding hydrogens is 518 g/mol. The first-order valence-electron chi connectivity index (χ1n) is 12.7. The van der Waals surface area contributed by atoms with Crippen molar-refractivity contribution in [3.8, 4) is 5.75 Å². The van der Waals surface area contributed by atoms with Crippen LogP contribution in [-0.4, -0.2) is 68.5 Å². The van der Waals surface area contributed by atoms with Gasteiger partial charge in [-0.3, -0.25) is 14.8 Å². The summed E-state index contributed by atoms with van der Waals surface area (Å²) in [5, 5.41) is 6.86. The number of rotatable bonds is 4. The molecule has 0 spiro atoms. The number of aromatic nitrogens is 5. The number of carbonyl (C=O) groups is 1. The van der Waals surface area contributed by atoms with Crippen molar-refractivity contribution in [2.24, 2.45) is 0 Å². The molecule has 0 unspecified atom stereocenters. The lowest BCUT2D eigenvalue weighted by Crippen LogP contribution is -2.50. The summed E-state index contributed by atoms with van der Waals surface area (Å²) >= 11 is 6.36. The van der Waals surface area contributed by atoms with Crippen molar-refractivity contribution in [3.63, 3.8) is 0 Å². The fourth-order valence-corrected chi connectivity index (χ4v) is 4.75. The highest BCUT2D eigenvalue weighted by molar-refractivity contribution is 6.32. The number of aryl methyl sites for hydroxylation is 2. The van der Waals surface area contributed by atoms with E-state index in [9.17, 15) is 4.79 Å². The maximum atomic E-state index is 13.0. The van der Waals surface area contributed by atoms with Gasteiger partial charge >= 0.3 is 0 Å². The average Bonchev–Trinajstić information content (AvgIpc) is 2.98. The van der Waals surface area contributed by atoms with Crippen molar-refractivity contribution >= 4 is 46.5 Å². The molecule has 1 fully saturated rings. The Morgan fingerprint density at radius 3 is 2.67 bits per heavy atom. The minimum absolute atomic E-state index is 0.0347. The van der Waals surface area contributed by atoms with E-state index in [1.54, 1.807) is 31.0 Å². The lowest BCUT2D eigenvalue weighted by molar-refractivity contribution is -0.133. The zero-order valence-electron chi connectivity index (χ0n) is 21.0. The van der Waals surface area contributed by atoms with Crippen molar-refractivity contribution in [1.29, 1.82) is 0 Å². The maximum Gasteiger partial charge on any atom is 0.260 e. The molecule has 11 nitrogen and oxygen atoms in total. The number of nitrogens with one attached hydrogen (secondary N) is 2. The molecule has 1 aromatic carbocycles. The molecule has 5 heterocycles. The predicted molar refractivity (Wildman–Crippen MR) is 148 cm³/mol. The molecule has 2 N–H and O–H groups in total. The number of benzene rings is 1. The Morgan fingerprint density at radius 2 is 1.82 bits per heavy atom. The second-order valence-electron chi connectivity index (χ2n) is 9.26. The van der Waals surface area contributed by atoms with Crippen LogP contribution >= 0.6 is 11.6 Å². The summed E-state index contributed by atoms with van der Waals surface area (Å²) in [6.07, 6.45) is 11.6. The zero-order chi connectivity index (χ0) is 26.6.